The third kappa shape index (κ3) is 3.03. The zero-order chi connectivity index (χ0) is 15.5. The van der Waals surface area contributed by atoms with Crippen LogP contribution in [0, 0.1) is 6.92 Å². The first-order valence-electron chi connectivity index (χ1n) is 6.63. The molecule has 1 amide bonds. The van der Waals surface area contributed by atoms with Gasteiger partial charge in [-0.1, -0.05) is 0 Å². The summed E-state index contributed by atoms with van der Waals surface area (Å²) in [6.45, 7) is 1.67. The van der Waals surface area contributed by atoms with Crippen LogP contribution in [0.2, 0.25) is 0 Å². The Kier molecular flexibility index (Phi) is 3.69. The molecule has 2 aromatic rings. The number of H-pyrrole nitrogens is 1. The molecule has 1 aliphatic rings. The van der Waals surface area contributed by atoms with E-state index in [1.807, 2.05) is 0 Å². The highest BCUT2D eigenvalue weighted by Gasteiger charge is 2.14. The molecule has 0 saturated heterocycles. The van der Waals surface area contributed by atoms with E-state index >= 15 is 0 Å². The van der Waals surface area contributed by atoms with E-state index in [4.69, 9.17) is 14.2 Å². The molecule has 2 heterocycles. The topological polar surface area (TPSA) is 89.7 Å². The number of carbonyl (C=O) groups is 1. The largest absolute Gasteiger partial charge is 0.478 e. The third-order valence-electron chi connectivity index (χ3n) is 3.04. The second-order valence-corrected chi connectivity index (χ2v) is 4.75. The zero-order valence-electron chi connectivity index (χ0n) is 11.8. The van der Waals surface area contributed by atoms with Gasteiger partial charge >= 0.3 is 0 Å². The van der Waals surface area contributed by atoms with E-state index in [2.05, 4.69) is 10.3 Å². The van der Waals surface area contributed by atoms with E-state index in [0.29, 0.717) is 17.2 Å². The Hall–Kier alpha value is -2.96. The number of hydrogen-bond donors (Lipinski definition) is 2. The van der Waals surface area contributed by atoms with Gasteiger partial charge in [-0.15, -0.1) is 0 Å². The number of ether oxygens (including phenoxy) is 3. The molecular formula is C15H14N2O5. The molecule has 1 aliphatic heterocycles. The quantitative estimate of drug-likeness (QED) is 0.891. The van der Waals surface area contributed by atoms with Crippen LogP contribution in [-0.4, -0.2) is 24.3 Å². The van der Waals surface area contributed by atoms with E-state index < -0.39 is 0 Å². The van der Waals surface area contributed by atoms with Crippen LogP contribution in [0.4, 0.5) is 5.69 Å². The number of carbonyl (C=O) groups excluding carboxylic acids is 1. The summed E-state index contributed by atoms with van der Waals surface area (Å²) in [5.41, 5.74) is 1.02. The van der Waals surface area contributed by atoms with Crippen molar-refractivity contribution in [2.45, 2.75) is 6.92 Å². The molecule has 0 fully saturated rings. The predicted octanol–water partition coefficient (Wildman–Crippen LogP) is 1.43. The number of rotatable bonds is 4. The lowest BCUT2D eigenvalue weighted by Gasteiger charge is -2.07. The minimum Gasteiger partial charge on any atom is -0.478 e. The fourth-order valence-electron chi connectivity index (χ4n) is 1.99. The van der Waals surface area contributed by atoms with Crippen LogP contribution in [0.25, 0.3) is 0 Å². The van der Waals surface area contributed by atoms with Crippen LogP contribution in [0.1, 0.15) is 5.69 Å². The van der Waals surface area contributed by atoms with E-state index in [0.717, 1.165) is 5.69 Å². The molecule has 7 nitrogen and oxygen atoms in total. The van der Waals surface area contributed by atoms with E-state index in [9.17, 15) is 9.59 Å². The molecule has 7 heteroatoms. The lowest BCUT2D eigenvalue weighted by Crippen LogP contribution is -2.22. The van der Waals surface area contributed by atoms with Gasteiger partial charge in [0.2, 0.25) is 12.2 Å². The second kappa shape index (κ2) is 5.80. The molecule has 1 aromatic carbocycles. The Morgan fingerprint density at radius 3 is 2.95 bits per heavy atom. The molecular weight excluding hydrogens is 288 g/mol. The van der Waals surface area contributed by atoms with Crippen molar-refractivity contribution in [1.29, 1.82) is 0 Å². The molecule has 0 unspecified atom stereocenters. The average Bonchev–Trinajstić information content (AvgIpc) is 2.94. The van der Waals surface area contributed by atoms with Crippen molar-refractivity contribution in [3.05, 3.63) is 46.4 Å². The second-order valence-electron chi connectivity index (χ2n) is 4.75. The maximum absolute atomic E-state index is 11.8. The minimum absolute atomic E-state index is 0.103. The van der Waals surface area contributed by atoms with Gasteiger partial charge in [0.25, 0.3) is 5.91 Å². The fourth-order valence-corrected chi connectivity index (χ4v) is 1.99. The summed E-state index contributed by atoms with van der Waals surface area (Å²) in [7, 11) is 0. The molecule has 0 aliphatic carbocycles. The maximum atomic E-state index is 11.8. The number of fused-ring (bicyclic) bond motifs is 1. The fraction of sp³-hybridized carbons (Fsp3) is 0.200. The first-order chi connectivity index (χ1) is 10.6. The van der Waals surface area contributed by atoms with Gasteiger partial charge in [0.05, 0.1) is 0 Å². The highest BCUT2D eigenvalue weighted by Crippen LogP contribution is 2.34. The van der Waals surface area contributed by atoms with Crippen LogP contribution >= 0.6 is 0 Å². The number of nitrogens with one attached hydrogen (secondary N) is 2. The standard InChI is InChI=1S/C15H14N2O5/c1-9-4-11(18)14(6-16-9)20-7-15(19)17-10-2-3-12-13(5-10)22-8-21-12/h2-6H,7-8H2,1H3,(H,16,18)(H,17,19). The van der Waals surface area contributed by atoms with Crippen molar-refractivity contribution in [2.75, 3.05) is 18.7 Å². The average molecular weight is 302 g/mol. The molecule has 0 bridgehead atoms. The Morgan fingerprint density at radius 2 is 2.14 bits per heavy atom. The highest BCUT2D eigenvalue weighted by atomic mass is 16.7. The smallest absolute Gasteiger partial charge is 0.262 e. The third-order valence-corrected chi connectivity index (χ3v) is 3.04. The molecule has 0 spiro atoms. The number of anilines is 1. The molecule has 22 heavy (non-hydrogen) atoms. The van der Waals surface area contributed by atoms with Crippen molar-refractivity contribution < 1.29 is 19.0 Å². The maximum Gasteiger partial charge on any atom is 0.262 e. The number of hydrogen-bond acceptors (Lipinski definition) is 5. The Labute approximate surface area is 125 Å². The lowest BCUT2D eigenvalue weighted by atomic mass is 10.3. The van der Waals surface area contributed by atoms with Crippen LogP contribution < -0.4 is 25.0 Å². The first-order valence-corrected chi connectivity index (χ1v) is 6.63. The van der Waals surface area contributed by atoms with Gasteiger partial charge in [0, 0.05) is 29.7 Å². The molecule has 0 atom stereocenters. The lowest BCUT2D eigenvalue weighted by molar-refractivity contribution is -0.118. The first kappa shape index (κ1) is 14.0. The number of benzene rings is 1. The normalized spacial score (nSPS) is 12.0. The van der Waals surface area contributed by atoms with Crippen molar-refractivity contribution in [3.8, 4) is 17.2 Å². The van der Waals surface area contributed by atoms with Gasteiger partial charge in [0.1, 0.15) is 0 Å². The Balaban J connectivity index is 1.59. The van der Waals surface area contributed by atoms with Gasteiger partial charge in [0.15, 0.2) is 23.9 Å². The van der Waals surface area contributed by atoms with Crippen molar-refractivity contribution in [3.63, 3.8) is 0 Å². The molecule has 3 rings (SSSR count). The summed E-state index contributed by atoms with van der Waals surface area (Å²) < 4.78 is 15.6. The van der Waals surface area contributed by atoms with Gasteiger partial charge in [-0.2, -0.15) is 0 Å². The molecule has 0 saturated carbocycles. The van der Waals surface area contributed by atoms with E-state index in [-0.39, 0.29) is 30.5 Å². The summed E-state index contributed by atoms with van der Waals surface area (Å²) >= 11 is 0. The summed E-state index contributed by atoms with van der Waals surface area (Å²) in [4.78, 5) is 26.3. The monoisotopic (exact) mass is 302 g/mol. The minimum atomic E-state index is -0.376. The van der Waals surface area contributed by atoms with E-state index in [1.54, 1.807) is 25.1 Å². The summed E-state index contributed by atoms with van der Waals surface area (Å²) in [6.07, 6.45) is 1.44. The highest BCUT2D eigenvalue weighted by molar-refractivity contribution is 5.92. The number of amides is 1. The molecule has 0 radical (unpaired) electrons. The number of aryl methyl sites for hydroxylation is 1. The van der Waals surface area contributed by atoms with Gasteiger partial charge in [-0.3, -0.25) is 9.59 Å². The van der Waals surface area contributed by atoms with Crippen molar-refractivity contribution >= 4 is 11.6 Å². The van der Waals surface area contributed by atoms with Gasteiger partial charge in [-0.25, -0.2) is 0 Å². The number of aromatic nitrogens is 1. The Bertz CT molecular complexity index is 769. The summed E-state index contributed by atoms with van der Waals surface area (Å²) in [6, 6.07) is 6.48. The summed E-state index contributed by atoms with van der Waals surface area (Å²) in [5, 5.41) is 2.66. The summed E-state index contributed by atoms with van der Waals surface area (Å²) in [5.74, 6) is 0.944. The number of pyridine rings is 1. The van der Waals surface area contributed by atoms with Crippen molar-refractivity contribution in [2.24, 2.45) is 0 Å². The zero-order valence-corrected chi connectivity index (χ0v) is 11.8. The van der Waals surface area contributed by atoms with Crippen LogP contribution in [0.3, 0.4) is 0 Å². The number of aromatic amines is 1. The predicted molar refractivity (Wildman–Crippen MR) is 78.5 cm³/mol. The van der Waals surface area contributed by atoms with Crippen LogP contribution in [0.5, 0.6) is 17.2 Å². The van der Waals surface area contributed by atoms with Crippen LogP contribution in [-0.2, 0) is 4.79 Å². The Morgan fingerprint density at radius 1 is 1.32 bits per heavy atom. The molecule has 2 N–H and O–H groups in total. The molecule has 114 valence electrons. The van der Waals surface area contributed by atoms with Gasteiger partial charge < -0.3 is 24.5 Å². The van der Waals surface area contributed by atoms with Crippen LogP contribution in [0.15, 0.2) is 35.3 Å². The SMILES string of the molecule is Cc1cc(=O)c(OCC(=O)Nc2ccc3c(c2)OCO3)c[nH]1. The van der Waals surface area contributed by atoms with Gasteiger partial charge in [-0.05, 0) is 19.1 Å². The van der Waals surface area contributed by atoms with Crippen molar-refractivity contribution in [1.82, 2.24) is 4.98 Å². The van der Waals surface area contributed by atoms with E-state index in [1.165, 1.54) is 12.3 Å². The molecule has 1 aromatic heterocycles.